The van der Waals surface area contributed by atoms with E-state index < -0.39 is 0 Å². The molecule has 0 saturated heterocycles. The van der Waals surface area contributed by atoms with Crippen LogP contribution in [0.5, 0.6) is 0 Å². The summed E-state index contributed by atoms with van der Waals surface area (Å²) in [6, 6.07) is 4.91. The number of aliphatic hydroxyl groups is 1. The fourth-order valence-corrected chi connectivity index (χ4v) is 1.82. The van der Waals surface area contributed by atoms with E-state index in [9.17, 15) is 4.39 Å². The standard InChI is InChI=1S/C10H12FIN2OS/c11-9-2-1-8(12)5-7(9)6-14-10(16)13-3-4-15/h1-2,5,15H,3-4,6H2,(H2,13,14,16). The van der Waals surface area contributed by atoms with Crippen LogP contribution in [-0.4, -0.2) is 23.4 Å². The Kier molecular flexibility index (Phi) is 5.93. The van der Waals surface area contributed by atoms with Gasteiger partial charge in [0, 0.05) is 22.2 Å². The van der Waals surface area contributed by atoms with Crippen LogP contribution in [0.2, 0.25) is 0 Å². The van der Waals surface area contributed by atoms with Crippen molar-refractivity contribution < 1.29 is 9.50 Å². The Morgan fingerprint density at radius 3 is 2.88 bits per heavy atom. The van der Waals surface area contributed by atoms with Gasteiger partial charge in [-0.05, 0) is 53.0 Å². The highest BCUT2D eigenvalue weighted by atomic mass is 127. The van der Waals surface area contributed by atoms with Crippen LogP contribution in [-0.2, 0) is 6.54 Å². The lowest BCUT2D eigenvalue weighted by Crippen LogP contribution is -2.36. The molecule has 3 N–H and O–H groups in total. The number of nitrogens with one attached hydrogen (secondary N) is 2. The first-order valence-corrected chi connectivity index (χ1v) is 6.18. The largest absolute Gasteiger partial charge is 0.395 e. The number of aliphatic hydroxyl groups excluding tert-OH is 1. The van der Waals surface area contributed by atoms with E-state index in [-0.39, 0.29) is 12.4 Å². The summed E-state index contributed by atoms with van der Waals surface area (Å²) in [6.45, 7) is 0.736. The average molecular weight is 354 g/mol. The Bertz CT molecular complexity index is 376. The zero-order chi connectivity index (χ0) is 12.0. The van der Waals surface area contributed by atoms with Crippen LogP contribution in [0.25, 0.3) is 0 Å². The third kappa shape index (κ3) is 4.58. The normalized spacial score (nSPS) is 9.94. The SMILES string of the molecule is OCCNC(=S)NCc1cc(I)ccc1F. The highest BCUT2D eigenvalue weighted by molar-refractivity contribution is 14.1. The van der Waals surface area contributed by atoms with Gasteiger partial charge in [-0.2, -0.15) is 0 Å². The molecular weight excluding hydrogens is 342 g/mol. The molecule has 0 unspecified atom stereocenters. The minimum atomic E-state index is -0.252. The zero-order valence-electron chi connectivity index (χ0n) is 8.46. The van der Waals surface area contributed by atoms with Gasteiger partial charge in [0.1, 0.15) is 5.82 Å². The van der Waals surface area contributed by atoms with Crippen LogP contribution in [0.4, 0.5) is 4.39 Å². The molecule has 1 rings (SSSR count). The van der Waals surface area contributed by atoms with E-state index in [4.69, 9.17) is 17.3 Å². The Morgan fingerprint density at radius 2 is 2.19 bits per heavy atom. The van der Waals surface area contributed by atoms with Gasteiger partial charge in [-0.1, -0.05) is 0 Å². The van der Waals surface area contributed by atoms with Gasteiger partial charge in [0.15, 0.2) is 5.11 Å². The molecule has 0 saturated carbocycles. The fourth-order valence-electron chi connectivity index (χ4n) is 1.09. The van der Waals surface area contributed by atoms with Crippen LogP contribution in [0, 0.1) is 9.39 Å². The van der Waals surface area contributed by atoms with Crippen molar-refractivity contribution in [2.24, 2.45) is 0 Å². The first-order chi connectivity index (χ1) is 7.63. The van der Waals surface area contributed by atoms with Crippen LogP contribution in [0.3, 0.4) is 0 Å². The van der Waals surface area contributed by atoms with Crippen molar-refractivity contribution >= 4 is 39.9 Å². The zero-order valence-corrected chi connectivity index (χ0v) is 11.4. The first-order valence-electron chi connectivity index (χ1n) is 4.70. The summed E-state index contributed by atoms with van der Waals surface area (Å²) >= 11 is 7.06. The Labute approximate surface area is 113 Å². The Balaban J connectivity index is 2.47. The summed E-state index contributed by atoms with van der Waals surface area (Å²) in [7, 11) is 0. The van der Waals surface area contributed by atoms with Crippen molar-refractivity contribution in [2.45, 2.75) is 6.54 Å². The first kappa shape index (κ1) is 13.6. The molecular formula is C10H12FIN2OS. The molecule has 0 aliphatic rings. The average Bonchev–Trinajstić information content (AvgIpc) is 2.27. The molecule has 0 aliphatic carbocycles. The molecule has 0 aliphatic heterocycles. The second-order valence-corrected chi connectivity index (χ2v) is 4.72. The van der Waals surface area contributed by atoms with Crippen molar-refractivity contribution in [1.82, 2.24) is 10.6 Å². The van der Waals surface area contributed by atoms with Gasteiger partial charge in [0.05, 0.1) is 6.61 Å². The lowest BCUT2D eigenvalue weighted by atomic mass is 10.2. The number of hydrogen-bond acceptors (Lipinski definition) is 2. The van der Waals surface area contributed by atoms with Crippen molar-refractivity contribution in [3.8, 4) is 0 Å². The molecule has 0 amide bonds. The van der Waals surface area contributed by atoms with Crippen molar-refractivity contribution in [3.63, 3.8) is 0 Å². The lowest BCUT2D eigenvalue weighted by Gasteiger charge is -2.10. The minimum absolute atomic E-state index is 0.0133. The maximum atomic E-state index is 13.3. The molecule has 0 heterocycles. The number of benzene rings is 1. The summed E-state index contributed by atoms with van der Waals surface area (Å²) in [5, 5.41) is 14.6. The van der Waals surface area contributed by atoms with Crippen LogP contribution in [0.15, 0.2) is 18.2 Å². The maximum Gasteiger partial charge on any atom is 0.166 e. The van der Waals surface area contributed by atoms with E-state index in [0.717, 1.165) is 3.57 Å². The summed E-state index contributed by atoms with van der Waals surface area (Å²) in [4.78, 5) is 0. The van der Waals surface area contributed by atoms with E-state index in [0.29, 0.717) is 23.8 Å². The molecule has 3 nitrogen and oxygen atoms in total. The van der Waals surface area contributed by atoms with Crippen LogP contribution >= 0.6 is 34.8 Å². The molecule has 16 heavy (non-hydrogen) atoms. The second-order valence-electron chi connectivity index (χ2n) is 3.07. The molecule has 1 aromatic rings. The second kappa shape index (κ2) is 6.97. The molecule has 0 fully saturated rings. The van der Waals surface area contributed by atoms with Gasteiger partial charge in [0.2, 0.25) is 0 Å². The summed E-state index contributed by atoms with van der Waals surface area (Å²) in [5.74, 6) is -0.252. The van der Waals surface area contributed by atoms with Crippen LogP contribution in [0.1, 0.15) is 5.56 Å². The van der Waals surface area contributed by atoms with Crippen molar-refractivity contribution in [3.05, 3.63) is 33.1 Å². The predicted octanol–water partition coefficient (Wildman–Crippen LogP) is 1.39. The van der Waals surface area contributed by atoms with E-state index >= 15 is 0 Å². The Hall–Kier alpha value is -0.470. The van der Waals surface area contributed by atoms with Gasteiger partial charge in [-0.25, -0.2) is 4.39 Å². The fraction of sp³-hybridized carbons (Fsp3) is 0.300. The molecule has 1 aromatic carbocycles. The summed E-state index contributed by atoms with van der Waals surface area (Å²) < 4.78 is 14.3. The van der Waals surface area contributed by atoms with Gasteiger partial charge in [-0.3, -0.25) is 0 Å². The van der Waals surface area contributed by atoms with E-state index in [1.807, 2.05) is 0 Å². The number of halogens is 2. The van der Waals surface area contributed by atoms with E-state index in [1.165, 1.54) is 6.07 Å². The van der Waals surface area contributed by atoms with E-state index in [1.54, 1.807) is 12.1 Å². The number of hydrogen-bond donors (Lipinski definition) is 3. The monoisotopic (exact) mass is 354 g/mol. The lowest BCUT2D eigenvalue weighted by molar-refractivity contribution is 0.300. The van der Waals surface area contributed by atoms with E-state index in [2.05, 4.69) is 33.2 Å². The third-order valence-corrected chi connectivity index (χ3v) is 2.80. The molecule has 0 radical (unpaired) electrons. The smallest absolute Gasteiger partial charge is 0.166 e. The number of rotatable bonds is 4. The topological polar surface area (TPSA) is 44.3 Å². The molecule has 0 atom stereocenters. The quantitative estimate of drug-likeness (QED) is 0.565. The van der Waals surface area contributed by atoms with Gasteiger partial charge in [-0.15, -0.1) is 0 Å². The number of thiocarbonyl (C=S) groups is 1. The molecule has 6 heteroatoms. The molecule has 0 spiro atoms. The van der Waals surface area contributed by atoms with Gasteiger partial charge < -0.3 is 15.7 Å². The third-order valence-electron chi connectivity index (χ3n) is 1.84. The van der Waals surface area contributed by atoms with Crippen molar-refractivity contribution in [1.29, 1.82) is 0 Å². The maximum absolute atomic E-state index is 13.3. The highest BCUT2D eigenvalue weighted by Crippen LogP contribution is 2.12. The van der Waals surface area contributed by atoms with Crippen molar-refractivity contribution in [2.75, 3.05) is 13.2 Å². The molecule has 0 bridgehead atoms. The highest BCUT2D eigenvalue weighted by Gasteiger charge is 2.03. The molecule has 88 valence electrons. The summed E-state index contributed by atoms with van der Waals surface area (Å²) in [5.41, 5.74) is 0.569. The van der Waals surface area contributed by atoms with Gasteiger partial charge >= 0.3 is 0 Å². The van der Waals surface area contributed by atoms with Crippen LogP contribution < -0.4 is 10.6 Å². The predicted molar refractivity (Wildman–Crippen MR) is 73.6 cm³/mol. The minimum Gasteiger partial charge on any atom is -0.395 e. The molecule has 0 aromatic heterocycles. The summed E-state index contributed by atoms with van der Waals surface area (Å²) in [6.07, 6.45) is 0. The Morgan fingerprint density at radius 1 is 1.44 bits per heavy atom. The van der Waals surface area contributed by atoms with Gasteiger partial charge in [0.25, 0.3) is 0 Å².